The van der Waals surface area contributed by atoms with Crippen LogP contribution in [0.5, 0.6) is 5.75 Å². The molecular weight excluding hydrogens is 392 g/mol. The van der Waals surface area contributed by atoms with E-state index in [9.17, 15) is 0 Å². The highest BCUT2D eigenvalue weighted by Gasteiger charge is 2.29. The molecule has 1 aliphatic carbocycles. The molecule has 4 rings (SSSR count). The SMILES string of the molecule is COc1ccc(CN2CCC(N(C)c3ccnc(C4CC4)n3)C2)cc1Br. The molecule has 0 spiro atoms. The molecule has 2 heterocycles. The number of anilines is 1. The molecule has 1 unspecified atom stereocenters. The normalized spacial score (nSPS) is 20.3. The van der Waals surface area contributed by atoms with Crippen molar-refractivity contribution in [1.29, 1.82) is 0 Å². The lowest BCUT2D eigenvalue weighted by atomic mass is 10.2. The average molecular weight is 417 g/mol. The third kappa shape index (κ3) is 3.86. The van der Waals surface area contributed by atoms with Crippen molar-refractivity contribution in [3.63, 3.8) is 0 Å². The van der Waals surface area contributed by atoms with Gasteiger partial charge in [-0.05, 0) is 59.0 Å². The molecule has 1 aliphatic heterocycles. The van der Waals surface area contributed by atoms with Gasteiger partial charge in [0.2, 0.25) is 0 Å². The van der Waals surface area contributed by atoms with E-state index in [4.69, 9.17) is 9.72 Å². The van der Waals surface area contributed by atoms with E-state index in [-0.39, 0.29) is 0 Å². The van der Waals surface area contributed by atoms with E-state index in [0.717, 1.165) is 47.9 Å². The predicted octanol–water partition coefficient (Wildman–Crippen LogP) is 3.84. The van der Waals surface area contributed by atoms with Crippen molar-refractivity contribution in [2.45, 2.75) is 37.8 Å². The van der Waals surface area contributed by atoms with Gasteiger partial charge in [-0.3, -0.25) is 4.90 Å². The van der Waals surface area contributed by atoms with Crippen LogP contribution in [0, 0.1) is 0 Å². The Labute approximate surface area is 163 Å². The molecule has 1 aromatic carbocycles. The Morgan fingerprint density at radius 3 is 2.85 bits per heavy atom. The highest BCUT2D eigenvalue weighted by Crippen LogP contribution is 2.38. The van der Waals surface area contributed by atoms with Crippen LogP contribution in [0.15, 0.2) is 34.9 Å². The van der Waals surface area contributed by atoms with Crippen LogP contribution in [0.1, 0.15) is 36.6 Å². The number of methoxy groups -OCH3 is 1. The van der Waals surface area contributed by atoms with E-state index in [1.807, 2.05) is 18.3 Å². The van der Waals surface area contributed by atoms with Gasteiger partial charge in [-0.1, -0.05) is 6.07 Å². The monoisotopic (exact) mass is 416 g/mol. The largest absolute Gasteiger partial charge is 0.496 e. The summed E-state index contributed by atoms with van der Waals surface area (Å²) in [5.41, 5.74) is 1.30. The number of hydrogen-bond donors (Lipinski definition) is 0. The molecule has 5 nitrogen and oxygen atoms in total. The van der Waals surface area contributed by atoms with Crippen molar-refractivity contribution < 1.29 is 4.74 Å². The first kappa shape index (κ1) is 17.7. The van der Waals surface area contributed by atoms with E-state index in [2.05, 4.69) is 49.9 Å². The van der Waals surface area contributed by atoms with Gasteiger partial charge in [-0.15, -0.1) is 0 Å². The zero-order valence-electron chi connectivity index (χ0n) is 15.4. The highest BCUT2D eigenvalue weighted by atomic mass is 79.9. The fourth-order valence-corrected chi connectivity index (χ4v) is 4.21. The molecule has 2 aliphatic rings. The molecule has 2 aromatic rings. The molecule has 2 fully saturated rings. The average Bonchev–Trinajstić information content (AvgIpc) is 3.41. The molecule has 0 amide bonds. The third-order valence-corrected chi connectivity index (χ3v) is 6.00. The molecule has 1 aromatic heterocycles. The van der Waals surface area contributed by atoms with Crippen molar-refractivity contribution in [1.82, 2.24) is 14.9 Å². The second-order valence-corrected chi connectivity index (χ2v) is 8.16. The van der Waals surface area contributed by atoms with E-state index in [1.165, 1.54) is 18.4 Å². The van der Waals surface area contributed by atoms with Crippen molar-refractivity contribution in [2.24, 2.45) is 0 Å². The lowest BCUT2D eigenvalue weighted by Crippen LogP contribution is -2.35. The minimum Gasteiger partial charge on any atom is -0.496 e. The summed E-state index contributed by atoms with van der Waals surface area (Å²) in [7, 11) is 3.86. The number of aromatic nitrogens is 2. The number of halogens is 1. The van der Waals surface area contributed by atoms with Gasteiger partial charge in [-0.25, -0.2) is 9.97 Å². The minimum atomic E-state index is 0.499. The number of benzene rings is 1. The molecule has 0 N–H and O–H groups in total. The first-order valence-corrected chi connectivity index (χ1v) is 10.0. The molecule has 0 radical (unpaired) electrons. The van der Waals surface area contributed by atoms with Crippen molar-refractivity contribution in [2.75, 3.05) is 32.1 Å². The van der Waals surface area contributed by atoms with Gasteiger partial charge in [0.25, 0.3) is 0 Å². The quantitative estimate of drug-likeness (QED) is 0.715. The van der Waals surface area contributed by atoms with Crippen LogP contribution in [-0.2, 0) is 6.54 Å². The molecule has 1 saturated carbocycles. The summed E-state index contributed by atoms with van der Waals surface area (Å²) in [6.07, 6.45) is 5.55. The van der Waals surface area contributed by atoms with Gasteiger partial charge in [0, 0.05) is 44.8 Å². The summed E-state index contributed by atoms with van der Waals surface area (Å²) in [6, 6.07) is 8.86. The number of nitrogens with zero attached hydrogens (tertiary/aromatic N) is 4. The molecule has 0 bridgehead atoms. The van der Waals surface area contributed by atoms with E-state index in [0.29, 0.717) is 12.0 Å². The maximum Gasteiger partial charge on any atom is 0.133 e. The maximum absolute atomic E-state index is 5.32. The Balaban J connectivity index is 1.38. The van der Waals surface area contributed by atoms with Crippen LogP contribution in [0.4, 0.5) is 5.82 Å². The zero-order chi connectivity index (χ0) is 18.1. The van der Waals surface area contributed by atoms with Gasteiger partial charge < -0.3 is 9.64 Å². The van der Waals surface area contributed by atoms with Crippen LogP contribution in [0.2, 0.25) is 0 Å². The highest BCUT2D eigenvalue weighted by molar-refractivity contribution is 9.10. The molecule has 138 valence electrons. The summed E-state index contributed by atoms with van der Waals surface area (Å²) < 4.78 is 6.33. The number of likely N-dealkylation sites (tertiary alicyclic amines) is 1. The van der Waals surface area contributed by atoms with Crippen LogP contribution >= 0.6 is 15.9 Å². The Kier molecular flexibility index (Phi) is 5.14. The number of hydrogen-bond acceptors (Lipinski definition) is 5. The van der Waals surface area contributed by atoms with Gasteiger partial charge in [0.15, 0.2) is 0 Å². The standard InChI is InChI=1S/C20H25BrN4O/c1-24(19-7-9-22-20(23-19)15-4-5-15)16-8-10-25(13-16)12-14-3-6-18(26-2)17(21)11-14/h3,6-7,9,11,15-16H,4-5,8,10,12-13H2,1-2H3. The lowest BCUT2D eigenvalue weighted by molar-refractivity contribution is 0.325. The van der Waals surface area contributed by atoms with Crippen LogP contribution in [0.25, 0.3) is 0 Å². The topological polar surface area (TPSA) is 41.5 Å². The first-order valence-electron chi connectivity index (χ1n) is 9.24. The van der Waals surface area contributed by atoms with E-state index >= 15 is 0 Å². The van der Waals surface area contributed by atoms with Gasteiger partial charge in [0.05, 0.1) is 11.6 Å². The summed E-state index contributed by atoms with van der Waals surface area (Å²) in [4.78, 5) is 14.1. The number of ether oxygens (including phenoxy) is 1. The summed E-state index contributed by atoms with van der Waals surface area (Å²) in [5.74, 6) is 3.55. The van der Waals surface area contributed by atoms with Crippen LogP contribution < -0.4 is 9.64 Å². The summed E-state index contributed by atoms with van der Waals surface area (Å²) in [5, 5.41) is 0. The smallest absolute Gasteiger partial charge is 0.133 e. The Morgan fingerprint density at radius 1 is 1.27 bits per heavy atom. The Bertz CT molecular complexity index is 780. The van der Waals surface area contributed by atoms with Gasteiger partial charge in [0.1, 0.15) is 17.4 Å². The van der Waals surface area contributed by atoms with Gasteiger partial charge >= 0.3 is 0 Å². The predicted molar refractivity (Wildman–Crippen MR) is 107 cm³/mol. The van der Waals surface area contributed by atoms with Crippen LogP contribution in [0.3, 0.4) is 0 Å². The molecule has 1 atom stereocenters. The number of likely N-dealkylation sites (N-methyl/N-ethyl adjacent to an activating group) is 1. The second-order valence-electron chi connectivity index (χ2n) is 7.30. The van der Waals surface area contributed by atoms with Gasteiger partial charge in [-0.2, -0.15) is 0 Å². The fourth-order valence-electron chi connectivity index (χ4n) is 3.62. The Hall–Kier alpha value is -1.66. The summed E-state index contributed by atoms with van der Waals surface area (Å²) >= 11 is 3.58. The molecule has 1 saturated heterocycles. The zero-order valence-corrected chi connectivity index (χ0v) is 16.9. The fraction of sp³-hybridized carbons (Fsp3) is 0.500. The molecular formula is C20H25BrN4O. The van der Waals surface area contributed by atoms with E-state index < -0.39 is 0 Å². The van der Waals surface area contributed by atoms with Crippen LogP contribution in [-0.4, -0.2) is 48.2 Å². The molecule has 26 heavy (non-hydrogen) atoms. The first-order chi connectivity index (χ1) is 12.6. The summed E-state index contributed by atoms with van der Waals surface area (Å²) in [6.45, 7) is 3.13. The second kappa shape index (κ2) is 7.53. The van der Waals surface area contributed by atoms with Crippen molar-refractivity contribution >= 4 is 21.7 Å². The van der Waals surface area contributed by atoms with Crippen molar-refractivity contribution in [3.05, 3.63) is 46.3 Å². The number of rotatable bonds is 6. The lowest BCUT2D eigenvalue weighted by Gasteiger charge is -2.26. The maximum atomic E-state index is 5.32. The third-order valence-electron chi connectivity index (χ3n) is 5.38. The molecule has 6 heteroatoms. The van der Waals surface area contributed by atoms with Crippen molar-refractivity contribution in [3.8, 4) is 5.75 Å². The van der Waals surface area contributed by atoms with E-state index in [1.54, 1.807) is 7.11 Å². The minimum absolute atomic E-state index is 0.499. The Morgan fingerprint density at radius 2 is 2.12 bits per heavy atom.